The molecule has 0 aromatic heterocycles. The van der Waals surface area contributed by atoms with Gasteiger partial charge in [0.25, 0.3) is 5.91 Å². The van der Waals surface area contributed by atoms with Gasteiger partial charge in [-0.05, 0) is 40.0 Å². The van der Waals surface area contributed by atoms with Crippen LogP contribution in [0.1, 0.15) is 20.3 Å². The third-order valence-electron chi connectivity index (χ3n) is 2.80. The second-order valence-electron chi connectivity index (χ2n) is 4.88. The van der Waals surface area contributed by atoms with Gasteiger partial charge in [0.2, 0.25) is 0 Å². The van der Waals surface area contributed by atoms with E-state index in [1.54, 1.807) is 0 Å². The van der Waals surface area contributed by atoms with Gasteiger partial charge in [0.1, 0.15) is 11.6 Å². The van der Waals surface area contributed by atoms with E-state index in [1.165, 1.54) is 18.2 Å². The molecule has 1 aromatic carbocycles. The van der Waals surface area contributed by atoms with Gasteiger partial charge >= 0.3 is 5.97 Å². The number of benzene rings is 1. The summed E-state index contributed by atoms with van der Waals surface area (Å²) in [6.07, 6.45) is -0.149. The molecule has 0 aliphatic rings. The highest BCUT2D eigenvalue weighted by Crippen LogP contribution is 2.25. The third kappa shape index (κ3) is 6.12. The second kappa shape index (κ2) is 7.97. The van der Waals surface area contributed by atoms with Crippen LogP contribution in [0.15, 0.2) is 22.7 Å². The predicted octanol–water partition coefficient (Wildman–Crippen LogP) is 2.58. The van der Waals surface area contributed by atoms with Crippen molar-refractivity contribution in [3.05, 3.63) is 28.5 Å². The lowest BCUT2D eigenvalue weighted by Gasteiger charge is -2.20. The maximum Gasteiger partial charge on any atom is 0.305 e. The Labute approximate surface area is 130 Å². The first-order chi connectivity index (χ1) is 9.79. The quantitative estimate of drug-likeness (QED) is 0.782. The zero-order valence-electron chi connectivity index (χ0n) is 11.7. The maximum absolute atomic E-state index is 12.9. The van der Waals surface area contributed by atoms with Crippen molar-refractivity contribution in [3.8, 4) is 5.75 Å². The van der Waals surface area contributed by atoms with E-state index in [0.717, 1.165) is 0 Å². The van der Waals surface area contributed by atoms with Gasteiger partial charge < -0.3 is 15.2 Å². The first-order valence-electron chi connectivity index (χ1n) is 6.38. The Balaban J connectivity index is 2.54. The van der Waals surface area contributed by atoms with Crippen LogP contribution in [0.4, 0.5) is 4.39 Å². The fraction of sp³-hybridized carbons (Fsp3) is 0.429. The average molecular weight is 362 g/mol. The molecule has 0 aliphatic carbocycles. The molecule has 7 heteroatoms. The molecule has 0 saturated carbocycles. The van der Waals surface area contributed by atoms with E-state index in [9.17, 15) is 14.0 Å². The molecule has 2 N–H and O–H groups in total. The van der Waals surface area contributed by atoms with Crippen molar-refractivity contribution < 1.29 is 23.8 Å². The van der Waals surface area contributed by atoms with Crippen molar-refractivity contribution in [2.24, 2.45) is 5.92 Å². The number of amides is 1. The van der Waals surface area contributed by atoms with Gasteiger partial charge in [-0.3, -0.25) is 9.59 Å². The topological polar surface area (TPSA) is 75.6 Å². The molecular weight excluding hydrogens is 345 g/mol. The van der Waals surface area contributed by atoms with Gasteiger partial charge in [-0.15, -0.1) is 0 Å². The minimum atomic E-state index is -0.976. The van der Waals surface area contributed by atoms with Crippen LogP contribution < -0.4 is 10.1 Å². The number of carbonyl (C=O) groups excluding carboxylic acids is 1. The number of nitrogens with one attached hydrogen (secondary N) is 1. The Hall–Kier alpha value is -1.63. The highest BCUT2D eigenvalue weighted by Gasteiger charge is 2.19. The number of carboxylic acids is 1. The van der Waals surface area contributed by atoms with Crippen LogP contribution in [0.3, 0.4) is 0 Å². The van der Waals surface area contributed by atoms with E-state index >= 15 is 0 Å². The molecule has 0 saturated heterocycles. The first-order valence-corrected chi connectivity index (χ1v) is 7.18. The van der Waals surface area contributed by atoms with Crippen molar-refractivity contribution >= 4 is 27.8 Å². The Bertz CT molecular complexity index is 522. The molecule has 1 unspecified atom stereocenters. The number of hydrogen-bond donors (Lipinski definition) is 2. The van der Waals surface area contributed by atoms with Crippen LogP contribution in [0.25, 0.3) is 0 Å². The molecule has 0 heterocycles. The lowest BCUT2D eigenvalue weighted by Crippen LogP contribution is -2.42. The number of aliphatic carboxylic acids is 1. The van der Waals surface area contributed by atoms with E-state index in [1.807, 2.05) is 13.8 Å². The Morgan fingerprint density at radius 2 is 2.10 bits per heavy atom. The summed E-state index contributed by atoms with van der Waals surface area (Å²) < 4.78 is 18.6. The van der Waals surface area contributed by atoms with E-state index in [-0.39, 0.29) is 18.9 Å². The number of carbonyl (C=O) groups is 2. The smallest absolute Gasteiger partial charge is 0.305 e. The Kier molecular flexibility index (Phi) is 6.61. The van der Waals surface area contributed by atoms with E-state index in [4.69, 9.17) is 9.84 Å². The molecule has 0 spiro atoms. The third-order valence-corrected chi connectivity index (χ3v) is 3.42. The van der Waals surface area contributed by atoms with Crippen molar-refractivity contribution in [3.63, 3.8) is 0 Å². The fourth-order valence-corrected chi connectivity index (χ4v) is 2.09. The lowest BCUT2D eigenvalue weighted by molar-refractivity contribution is -0.138. The summed E-state index contributed by atoms with van der Waals surface area (Å²) in [5.74, 6) is -1.49. The highest BCUT2D eigenvalue weighted by molar-refractivity contribution is 9.10. The highest BCUT2D eigenvalue weighted by atomic mass is 79.9. The average Bonchev–Trinajstić information content (AvgIpc) is 2.36. The number of carboxylic acid groups (broad SMARTS) is 1. The largest absolute Gasteiger partial charge is 0.483 e. The zero-order valence-corrected chi connectivity index (χ0v) is 13.3. The number of hydrogen-bond acceptors (Lipinski definition) is 3. The van der Waals surface area contributed by atoms with Gasteiger partial charge in [0.15, 0.2) is 6.61 Å². The van der Waals surface area contributed by atoms with Gasteiger partial charge in [-0.25, -0.2) is 4.39 Å². The molecule has 5 nitrogen and oxygen atoms in total. The summed E-state index contributed by atoms with van der Waals surface area (Å²) in [6.45, 7) is 3.38. The number of halogens is 2. The van der Waals surface area contributed by atoms with Crippen LogP contribution in [0, 0.1) is 11.7 Å². The van der Waals surface area contributed by atoms with Crippen molar-refractivity contribution in [2.45, 2.75) is 26.3 Å². The monoisotopic (exact) mass is 361 g/mol. The summed E-state index contributed by atoms with van der Waals surface area (Å²) >= 11 is 3.13. The van der Waals surface area contributed by atoms with Crippen LogP contribution in [0.2, 0.25) is 0 Å². The molecular formula is C14H17BrFNO4. The second-order valence-corrected chi connectivity index (χ2v) is 5.73. The molecule has 116 valence electrons. The summed E-state index contributed by atoms with van der Waals surface area (Å²) in [4.78, 5) is 22.5. The first kappa shape index (κ1) is 17.4. The Morgan fingerprint density at radius 1 is 1.43 bits per heavy atom. The number of ether oxygens (including phenoxy) is 1. The van der Waals surface area contributed by atoms with Crippen LogP contribution in [-0.4, -0.2) is 29.6 Å². The van der Waals surface area contributed by atoms with Crippen molar-refractivity contribution in [1.29, 1.82) is 0 Å². The zero-order chi connectivity index (χ0) is 16.0. The summed E-state index contributed by atoms with van der Waals surface area (Å²) in [6, 6.07) is 3.40. The summed E-state index contributed by atoms with van der Waals surface area (Å²) in [5.41, 5.74) is 0. The number of rotatable bonds is 7. The normalized spacial score (nSPS) is 12.0. The van der Waals surface area contributed by atoms with Crippen molar-refractivity contribution in [1.82, 2.24) is 5.32 Å². The van der Waals surface area contributed by atoms with E-state index < -0.39 is 23.7 Å². The SMILES string of the molecule is CC(C)C(CC(=O)O)NC(=O)COc1ccc(F)cc1Br. The van der Waals surface area contributed by atoms with Gasteiger partial charge in [0.05, 0.1) is 10.9 Å². The molecule has 1 amide bonds. The summed E-state index contributed by atoms with van der Waals surface area (Å²) in [5, 5.41) is 11.4. The van der Waals surface area contributed by atoms with Crippen LogP contribution in [-0.2, 0) is 9.59 Å². The standard InChI is InChI=1S/C14H17BrFNO4/c1-8(2)11(6-14(19)20)17-13(18)7-21-12-4-3-9(16)5-10(12)15/h3-5,8,11H,6-7H2,1-2H3,(H,17,18)(H,19,20). The molecule has 0 bridgehead atoms. The van der Waals surface area contributed by atoms with Crippen LogP contribution >= 0.6 is 15.9 Å². The molecule has 0 radical (unpaired) electrons. The predicted molar refractivity (Wildman–Crippen MR) is 78.6 cm³/mol. The van der Waals surface area contributed by atoms with Gasteiger partial charge in [-0.1, -0.05) is 13.8 Å². The molecule has 0 aliphatic heterocycles. The molecule has 1 atom stereocenters. The molecule has 1 aromatic rings. The molecule has 0 fully saturated rings. The maximum atomic E-state index is 12.9. The minimum Gasteiger partial charge on any atom is -0.483 e. The van der Waals surface area contributed by atoms with Crippen LogP contribution in [0.5, 0.6) is 5.75 Å². The molecule has 21 heavy (non-hydrogen) atoms. The fourth-order valence-electron chi connectivity index (χ4n) is 1.63. The Morgan fingerprint density at radius 3 is 2.62 bits per heavy atom. The summed E-state index contributed by atoms with van der Waals surface area (Å²) in [7, 11) is 0. The van der Waals surface area contributed by atoms with E-state index in [0.29, 0.717) is 10.2 Å². The minimum absolute atomic E-state index is 0.0115. The van der Waals surface area contributed by atoms with Crippen molar-refractivity contribution in [2.75, 3.05) is 6.61 Å². The van der Waals surface area contributed by atoms with Gasteiger partial charge in [0, 0.05) is 6.04 Å². The molecule has 1 rings (SSSR count). The lowest BCUT2D eigenvalue weighted by atomic mass is 10.0. The van der Waals surface area contributed by atoms with E-state index in [2.05, 4.69) is 21.2 Å². The van der Waals surface area contributed by atoms with Gasteiger partial charge in [-0.2, -0.15) is 0 Å².